The van der Waals surface area contributed by atoms with Gasteiger partial charge in [-0.1, -0.05) is 12.7 Å². The molecule has 1 saturated heterocycles. The highest BCUT2D eigenvalue weighted by Gasteiger charge is 2.51. The Kier molecular flexibility index (Phi) is 14.3. The zero-order valence-electron chi connectivity index (χ0n) is 20.3. The van der Waals surface area contributed by atoms with Crippen LogP contribution in [0.1, 0.15) is 34.1 Å². The number of ether oxygens (including phenoxy) is 5. The first kappa shape index (κ1) is 32.8. The van der Waals surface area contributed by atoms with Gasteiger partial charge in [-0.3, -0.25) is 28.8 Å². The number of carbonyl (C=O) groups is 6. The van der Waals surface area contributed by atoms with E-state index in [-0.39, 0.29) is 19.0 Å². The fraction of sp³-hybridized carbons (Fsp3) is 0.619. The lowest BCUT2D eigenvalue weighted by molar-refractivity contribution is -0.228. The van der Waals surface area contributed by atoms with E-state index in [1.165, 1.54) is 13.0 Å². The van der Waals surface area contributed by atoms with Crippen molar-refractivity contribution >= 4 is 48.1 Å². The quantitative estimate of drug-likeness (QED) is 0.159. The summed E-state index contributed by atoms with van der Waals surface area (Å²) in [6.07, 6.45) is -4.39. The van der Waals surface area contributed by atoms with Gasteiger partial charge in [0.05, 0.1) is 6.42 Å². The molecule has 4 N–H and O–H groups in total. The van der Waals surface area contributed by atoms with Crippen LogP contribution in [0.3, 0.4) is 0 Å². The van der Waals surface area contributed by atoms with Crippen LogP contribution in [-0.2, 0) is 52.5 Å². The monoisotopic (exact) mass is 537 g/mol. The van der Waals surface area contributed by atoms with Crippen LogP contribution >= 0.6 is 12.4 Å². The molecule has 2 amide bonds. The second-order valence-electron chi connectivity index (χ2n) is 7.57. The molecule has 0 aromatic carbocycles. The van der Waals surface area contributed by atoms with Gasteiger partial charge in [0.25, 0.3) is 0 Å². The highest BCUT2D eigenvalue weighted by atomic mass is 35.5. The number of amides is 2. The number of hydrogen-bond acceptors (Lipinski definition) is 12. The Morgan fingerprint density at radius 1 is 0.944 bits per heavy atom. The van der Waals surface area contributed by atoms with Crippen LogP contribution in [0, 0.1) is 0 Å². The second kappa shape index (κ2) is 15.7. The molecule has 1 heterocycles. The summed E-state index contributed by atoms with van der Waals surface area (Å²) in [7, 11) is 0. The van der Waals surface area contributed by atoms with Gasteiger partial charge in [-0.2, -0.15) is 0 Å². The van der Waals surface area contributed by atoms with E-state index in [9.17, 15) is 28.8 Å². The Morgan fingerprint density at radius 3 is 2.03 bits per heavy atom. The molecule has 0 bridgehead atoms. The van der Waals surface area contributed by atoms with Crippen LogP contribution in [0.25, 0.3) is 0 Å². The minimum absolute atomic E-state index is 0. The molecule has 6 atom stereocenters. The van der Waals surface area contributed by atoms with Crippen LogP contribution < -0.4 is 16.4 Å². The largest absolute Gasteiger partial charge is 0.463 e. The van der Waals surface area contributed by atoms with Gasteiger partial charge in [0.15, 0.2) is 18.4 Å². The summed E-state index contributed by atoms with van der Waals surface area (Å²) in [5.74, 6) is -4.42. The molecular weight excluding hydrogens is 506 g/mol. The molecule has 0 aromatic rings. The molecule has 1 aliphatic heterocycles. The maximum absolute atomic E-state index is 12.6. The maximum atomic E-state index is 12.6. The summed E-state index contributed by atoms with van der Waals surface area (Å²) in [5, 5.41) is 4.95. The van der Waals surface area contributed by atoms with Crippen LogP contribution in [0.5, 0.6) is 0 Å². The van der Waals surface area contributed by atoms with Crippen molar-refractivity contribution < 1.29 is 52.5 Å². The molecule has 0 radical (unpaired) electrons. The van der Waals surface area contributed by atoms with Crippen LogP contribution in [0.2, 0.25) is 0 Å². The average Bonchev–Trinajstić information content (AvgIpc) is 2.73. The molecule has 0 saturated carbocycles. The standard InChI is InChI=1S/C21H31N3O11.ClH/c1-6-7-31-21(30)14(22)8-16(29)24-20-17(23-10(2)25)19(34-13(5)28)18(33-12(4)27)15(35-20)9-32-11(3)26;/h6,14-15,17-20H,1,7-9,22H2,2-5H3,(H,23,25)(H,24,29);1H/t14-,15+,17+,18+,19+,20+;/m0./s1. The lowest BCUT2D eigenvalue weighted by Gasteiger charge is -2.45. The van der Waals surface area contributed by atoms with Gasteiger partial charge < -0.3 is 40.1 Å². The number of halogens is 1. The predicted octanol–water partition coefficient (Wildman–Crippen LogP) is -1.37. The van der Waals surface area contributed by atoms with Crippen molar-refractivity contribution in [3.8, 4) is 0 Å². The van der Waals surface area contributed by atoms with E-state index in [1.807, 2.05) is 0 Å². The summed E-state index contributed by atoms with van der Waals surface area (Å²) >= 11 is 0. The van der Waals surface area contributed by atoms with Crippen LogP contribution in [0.15, 0.2) is 12.7 Å². The van der Waals surface area contributed by atoms with Gasteiger partial charge >= 0.3 is 23.9 Å². The summed E-state index contributed by atoms with van der Waals surface area (Å²) in [5.41, 5.74) is 5.69. The van der Waals surface area contributed by atoms with Gasteiger partial charge in [-0.25, -0.2) is 0 Å². The topological polar surface area (TPSA) is 199 Å². The summed E-state index contributed by atoms with van der Waals surface area (Å²) in [6, 6.07) is -2.55. The normalized spacial score (nSPS) is 23.5. The molecule has 0 aliphatic carbocycles. The molecule has 15 heteroatoms. The summed E-state index contributed by atoms with van der Waals surface area (Å²) < 4.78 is 26.1. The number of hydrogen-bond donors (Lipinski definition) is 3. The fourth-order valence-corrected chi connectivity index (χ4v) is 3.20. The number of carbonyl (C=O) groups excluding carboxylic acids is 6. The zero-order chi connectivity index (χ0) is 26.7. The lowest BCUT2D eigenvalue weighted by Crippen LogP contribution is -2.69. The smallest absolute Gasteiger partial charge is 0.323 e. The third-order valence-electron chi connectivity index (χ3n) is 4.47. The van der Waals surface area contributed by atoms with Crippen molar-refractivity contribution in [2.24, 2.45) is 5.73 Å². The van der Waals surface area contributed by atoms with E-state index >= 15 is 0 Å². The van der Waals surface area contributed by atoms with E-state index < -0.39 is 85.3 Å². The number of esters is 4. The lowest BCUT2D eigenvalue weighted by atomic mass is 9.95. The molecule has 1 fully saturated rings. The minimum atomic E-state index is -1.36. The van der Waals surface area contributed by atoms with Crippen molar-refractivity contribution in [3.05, 3.63) is 12.7 Å². The average molecular weight is 538 g/mol. The van der Waals surface area contributed by atoms with Gasteiger partial charge in [-0.15, -0.1) is 12.4 Å². The molecule has 204 valence electrons. The maximum Gasteiger partial charge on any atom is 0.323 e. The molecule has 0 spiro atoms. The third kappa shape index (κ3) is 11.0. The third-order valence-corrected chi connectivity index (χ3v) is 4.47. The highest BCUT2D eigenvalue weighted by molar-refractivity contribution is 5.85. The number of nitrogens with one attached hydrogen (secondary N) is 2. The van der Waals surface area contributed by atoms with Crippen molar-refractivity contribution in [1.82, 2.24) is 10.6 Å². The Bertz CT molecular complexity index is 838. The van der Waals surface area contributed by atoms with Crippen LogP contribution in [-0.4, -0.2) is 85.5 Å². The predicted molar refractivity (Wildman–Crippen MR) is 123 cm³/mol. The molecular formula is C21H32ClN3O11. The first-order chi connectivity index (χ1) is 16.3. The molecule has 0 aromatic heterocycles. The molecule has 14 nitrogen and oxygen atoms in total. The van der Waals surface area contributed by atoms with Crippen molar-refractivity contribution in [3.63, 3.8) is 0 Å². The Labute approximate surface area is 213 Å². The summed E-state index contributed by atoms with van der Waals surface area (Å²) in [4.78, 5) is 71.2. The first-order valence-electron chi connectivity index (χ1n) is 10.6. The van der Waals surface area contributed by atoms with Crippen molar-refractivity contribution in [2.45, 2.75) is 70.7 Å². The van der Waals surface area contributed by atoms with Crippen molar-refractivity contribution in [1.29, 1.82) is 0 Å². The van der Waals surface area contributed by atoms with E-state index in [0.717, 1.165) is 20.8 Å². The molecule has 0 unspecified atom stereocenters. The summed E-state index contributed by atoms with van der Waals surface area (Å²) in [6.45, 7) is 7.37. The first-order valence-corrected chi connectivity index (χ1v) is 10.6. The van der Waals surface area contributed by atoms with Gasteiger partial charge in [0.2, 0.25) is 11.8 Å². The molecule has 36 heavy (non-hydrogen) atoms. The number of nitrogens with two attached hydrogens (primary N) is 1. The Hall–Kier alpha value is -3.23. The number of rotatable bonds is 11. The van der Waals surface area contributed by atoms with E-state index in [2.05, 4.69) is 17.2 Å². The van der Waals surface area contributed by atoms with Crippen LogP contribution in [0.4, 0.5) is 0 Å². The van der Waals surface area contributed by atoms with Gasteiger partial charge in [0.1, 0.15) is 31.4 Å². The van der Waals surface area contributed by atoms with Gasteiger partial charge in [-0.05, 0) is 0 Å². The molecule has 1 aliphatic rings. The highest BCUT2D eigenvalue weighted by Crippen LogP contribution is 2.26. The Morgan fingerprint density at radius 2 is 1.53 bits per heavy atom. The Balaban J connectivity index is 0.0000122. The van der Waals surface area contributed by atoms with Gasteiger partial charge in [0, 0.05) is 27.7 Å². The van der Waals surface area contributed by atoms with E-state index in [1.54, 1.807) is 0 Å². The zero-order valence-corrected chi connectivity index (χ0v) is 21.2. The minimum Gasteiger partial charge on any atom is -0.463 e. The van der Waals surface area contributed by atoms with E-state index in [0.29, 0.717) is 0 Å². The fourth-order valence-electron chi connectivity index (χ4n) is 3.20. The van der Waals surface area contributed by atoms with E-state index in [4.69, 9.17) is 29.4 Å². The molecule has 1 rings (SSSR count). The van der Waals surface area contributed by atoms with Crippen molar-refractivity contribution in [2.75, 3.05) is 13.2 Å². The SMILES string of the molecule is C=CCOC(=O)[C@@H](N)CC(=O)N[C@@H]1O[C@H](COC(C)=O)[C@@H](OC(C)=O)[C@H](OC(C)=O)[C@H]1NC(C)=O.Cl. The second-order valence-corrected chi connectivity index (χ2v) is 7.57.